The molecule has 0 radical (unpaired) electrons. The topological polar surface area (TPSA) is 0 Å². The molecule has 1 saturated carbocycles. The molecule has 0 heteroatoms. The van der Waals surface area contributed by atoms with Crippen molar-refractivity contribution >= 4 is 5.57 Å². The lowest BCUT2D eigenvalue weighted by Crippen LogP contribution is -2.07. The smallest absolute Gasteiger partial charge is 0.00139 e. The van der Waals surface area contributed by atoms with E-state index in [0.717, 1.165) is 6.42 Å². The van der Waals surface area contributed by atoms with Gasteiger partial charge < -0.3 is 0 Å². The first-order valence-corrected chi connectivity index (χ1v) is 7.82. The molecule has 2 aromatic carbocycles. The zero-order valence-corrected chi connectivity index (χ0v) is 11.9. The number of rotatable bonds is 0. The first kappa shape index (κ1) is 12.0. The van der Waals surface area contributed by atoms with Crippen LogP contribution in [0.5, 0.6) is 0 Å². The molecule has 0 aromatic heterocycles. The molecule has 0 bridgehead atoms. The van der Waals surface area contributed by atoms with Crippen LogP contribution in [0.15, 0.2) is 54.1 Å². The van der Waals surface area contributed by atoms with Gasteiger partial charge >= 0.3 is 0 Å². The Balaban J connectivity index is 1.93. The lowest BCUT2D eigenvalue weighted by molar-refractivity contribution is 0.599. The van der Waals surface area contributed by atoms with E-state index in [0.29, 0.717) is 0 Å². The molecule has 0 amide bonds. The summed E-state index contributed by atoms with van der Waals surface area (Å²) in [5.41, 5.74) is 9.20. The summed E-state index contributed by atoms with van der Waals surface area (Å²) in [4.78, 5) is 0. The van der Waals surface area contributed by atoms with E-state index < -0.39 is 0 Å². The monoisotopic (exact) mass is 260 g/mol. The Kier molecular flexibility index (Phi) is 2.95. The molecule has 0 spiro atoms. The molecule has 0 heterocycles. The Bertz CT molecular complexity index is 668. The van der Waals surface area contributed by atoms with Gasteiger partial charge in [0, 0.05) is 0 Å². The highest BCUT2D eigenvalue weighted by Crippen LogP contribution is 2.42. The van der Waals surface area contributed by atoms with Crippen molar-refractivity contribution in [2.45, 2.75) is 38.5 Å². The third kappa shape index (κ3) is 1.91. The average molecular weight is 260 g/mol. The van der Waals surface area contributed by atoms with Crippen LogP contribution in [0.25, 0.3) is 16.7 Å². The maximum atomic E-state index is 2.32. The summed E-state index contributed by atoms with van der Waals surface area (Å²) in [5.74, 6) is 0. The van der Waals surface area contributed by atoms with Crippen molar-refractivity contribution in [2.24, 2.45) is 0 Å². The van der Waals surface area contributed by atoms with Crippen LogP contribution in [0.2, 0.25) is 0 Å². The van der Waals surface area contributed by atoms with Crippen LogP contribution < -0.4 is 0 Å². The molecular weight excluding hydrogens is 240 g/mol. The fourth-order valence-electron chi connectivity index (χ4n) is 3.80. The molecular formula is C20H20. The summed E-state index contributed by atoms with van der Waals surface area (Å²) in [7, 11) is 0. The van der Waals surface area contributed by atoms with Gasteiger partial charge in [-0.2, -0.15) is 0 Å². The van der Waals surface area contributed by atoms with E-state index in [1.807, 2.05) is 0 Å². The highest BCUT2D eigenvalue weighted by atomic mass is 14.3. The van der Waals surface area contributed by atoms with Crippen molar-refractivity contribution in [3.8, 4) is 11.1 Å². The minimum Gasteiger partial charge on any atom is -0.0661 e. The summed E-state index contributed by atoms with van der Waals surface area (Å²) in [6.07, 6.45) is 7.92. The molecule has 20 heavy (non-hydrogen) atoms. The molecule has 4 rings (SSSR count). The largest absolute Gasteiger partial charge is 0.0661 e. The van der Waals surface area contributed by atoms with Crippen LogP contribution in [0.1, 0.15) is 43.2 Å². The van der Waals surface area contributed by atoms with Gasteiger partial charge in [0.1, 0.15) is 0 Å². The van der Waals surface area contributed by atoms with Gasteiger partial charge in [0.05, 0.1) is 0 Å². The Morgan fingerprint density at radius 2 is 1.25 bits per heavy atom. The van der Waals surface area contributed by atoms with Gasteiger partial charge in [-0.25, -0.2) is 0 Å². The number of benzene rings is 2. The highest BCUT2D eigenvalue weighted by Gasteiger charge is 2.22. The van der Waals surface area contributed by atoms with Crippen LogP contribution in [0, 0.1) is 0 Å². The molecule has 0 unspecified atom stereocenters. The Hall–Kier alpha value is -1.82. The normalized spacial score (nSPS) is 17.6. The molecule has 2 aliphatic rings. The molecule has 100 valence electrons. The first-order valence-electron chi connectivity index (χ1n) is 7.82. The Labute approximate surface area is 121 Å². The van der Waals surface area contributed by atoms with E-state index in [1.54, 1.807) is 11.1 Å². The van der Waals surface area contributed by atoms with Crippen molar-refractivity contribution in [3.05, 3.63) is 65.2 Å². The lowest BCUT2D eigenvalue weighted by Gasteiger charge is -2.27. The van der Waals surface area contributed by atoms with E-state index in [2.05, 4.69) is 48.5 Å². The van der Waals surface area contributed by atoms with Crippen LogP contribution in [0.3, 0.4) is 0 Å². The first-order chi connectivity index (χ1) is 9.93. The van der Waals surface area contributed by atoms with Crippen molar-refractivity contribution in [1.82, 2.24) is 0 Å². The van der Waals surface area contributed by atoms with E-state index in [-0.39, 0.29) is 0 Å². The highest BCUT2D eigenvalue weighted by molar-refractivity contribution is 5.89. The number of hydrogen-bond acceptors (Lipinski definition) is 0. The quantitative estimate of drug-likeness (QED) is 0.576. The molecule has 0 atom stereocenters. The summed E-state index contributed by atoms with van der Waals surface area (Å²) in [6.45, 7) is 0. The predicted octanol–water partition coefficient (Wildman–Crippen LogP) is 5.63. The fraction of sp³-hybridized carbons (Fsp3) is 0.300. The van der Waals surface area contributed by atoms with Gasteiger partial charge in [-0.3, -0.25) is 0 Å². The summed E-state index contributed by atoms with van der Waals surface area (Å²) in [5, 5.41) is 0. The second kappa shape index (κ2) is 4.94. The van der Waals surface area contributed by atoms with Crippen LogP contribution in [-0.4, -0.2) is 0 Å². The maximum absolute atomic E-state index is 2.32. The van der Waals surface area contributed by atoms with Crippen LogP contribution in [0.4, 0.5) is 0 Å². The van der Waals surface area contributed by atoms with Gasteiger partial charge in [0.25, 0.3) is 0 Å². The van der Waals surface area contributed by atoms with Gasteiger partial charge in [-0.1, -0.05) is 60.5 Å². The van der Waals surface area contributed by atoms with Crippen molar-refractivity contribution < 1.29 is 0 Å². The number of fused-ring (bicyclic) bond motifs is 3. The van der Waals surface area contributed by atoms with E-state index >= 15 is 0 Å². The van der Waals surface area contributed by atoms with Gasteiger partial charge in [0.15, 0.2) is 0 Å². The lowest BCUT2D eigenvalue weighted by atomic mass is 9.78. The molecule has 0 N–H and O–H groups in total. The van der Waals surface area contributed by atoms with E-state index in [4.69, 9.17) is 0 Å². The average Bonchev–Trinajstić information content (AvgIpc) is 2.55. The van der Waals surface area contributed by atoms with Gasteiger partial charge in [0.2, 0.25) is 0 Å². The fourth-order valence-corrected chi connectivity index (χ4v) is 3.80. The third-order valence-electron chi connectivity index (χ3n) is 4.81. The second-order valence-corrected chi connectivity index (χ2v) is 6.02. The standard InChI is InChI=1S/C20H20/c1-2-8-15(9-3-1)20-14-16-10-4-5-11-17(16)18-12-6-7-13-19(18)20/h4-7,10-13H,1-3,8-9,14H2. The summed E-state index contributed by atoms with van der Waals surface area (Å²) >= 11 is 0. The molecule has 2 aliphatic carbocycles. The molecule has 1 fully saturated rings. The summed E-state index contributed by atoms with van der Waals surface area (Å²) in [6, 6.07) is 17.9. The van der Waals surface area contributed by atoms with Crippen LogP contribution in [-0.2, 0) is 6.42 Å². The molecule has 0 nitrogen and oxygen atoms in total. The third-order valence-corrected chi connectivity index (χ3v) is 4.81. The molecule has 2 aromatic rings. The minimum atomic E-state index is 1.13. The van der Waals surface area contributed by atoms with Gasteiger partial charge in [-0.05, 0) is 59.9 Å². The number of allylic oxidation sites excluding steroid dienone is 2. The maximum Gasteiger partial charge on any atom is -0.00139 e. The van der Waals surface area contributed by atoms with Gasteiger partial charge in [-0.15, -0.1) is 0 Å². The van der Waals surface area contributed by atoms with Crippen molar-refractivity contribution in [3.63, 3.8) is 0 Å². The van der Waals surface area contributed by atoms with Crippen molar-refractivity contribution in [1.29, 1.82) is 0 Å². The predicted molar refractivity (Wildman–Crippen MR) is 85.6 cm³/mol. The zero-order chi connectivity index (χ0) is 13.4. The number of hydrogen-bond donors (Lipinski definition) is 0. The van der Waals surface area contributed by atoms with E-state index in [1.165, 1.54) is 54.4 Å². The van der Waals surface area contributed by atoms with Crippen LogP contribution >= 0.6 is 0 Å². The Morgan fingerprint density at radius 1 is 0.600 bits per heavy atom. The van der Waals surface area contributed by atoms with E-state index in [9.17, 15) is 0 Å². The second-order valence-electron chi connectivity index (χ2n) is 6.02. The zero-order valence-electron chi connectivity index (χ0n) is 11.9. The minimum absolute atomic E-state index is 1.13. The van der Waals surface area contributed by atoms with Crippen molar-refractivity contribution in [2.75, 3.05) is 0 Å². The SMILES string of the molecule is c1ccc2c(c1)CC(=C1CCCCC1)c1ccccc1-2. The Morgan fingerprint density at radius 3 is 2.05 bits per heavy atom. The summed E-state index contributed by atoms with van der Waals surface area (Å²) < 4.78 is 0. The molecule has 0 saturated heterocycles. The molecule has 0 aliphatic heterocycles.